The average molecular weight is 420 g/mol. The lowest BCUT2D eigenvalue weighted by Crippen LogP contribution is -2.06. The highest BCUT2D eigenvalue weighted by atomic mass is 32.1. The quantitative estimate of drug-likeness (QED) is 0.311. The monoisotopic (exact) mass is 419 g/mol. The van der Waals surface area contributed by atoms with E-state index in [1.165, 1.54) is 18.4 Å². The van der Waals surface area contributed by atoms with Crippen LogP contribution in [0.3, 0.4) is 0 Å². The maximum atomic E-state index is 4.68. The molecular formula is C22H25N7S. The van der Waals surface area contributed by atoms with Gasteiger partial charge in [-0.1, -0.05) is 68.3 Å². The van der Waals surface area contributed by atoms with E-state index in [2.05, 4.69) is 80.6 Å². The van der Waals surface area contributed by atoms with Crippen LogP contribution in [0, 0.1) is 0 Å². The number of nitrogens with one attached hydrogen (secondary N) is 1. The smallest absolute Gasteiger partial charge is 0.205 e. The molecule has 0 radical (unpaired) electrons. The van der Waals surface area contributed by atoms with Crippen LogP contribution in [-0.2, 0) is 18.7 Å². The number of rotatable bonds is 9. The number of aromatic amines is 1. The van der Waals surface area contributed by atoms with Crippen molar-refractivity contribution in [3.05, 3.63) is 65.7 Å². The normalized spacial score (nSPS) is 11.1. The van der Waals surface area contributed by atoms with E-state index in [1.54, 1.807) is 0 Å². The molecule has 0 bridgehead atoms. The van der Waals surface area contributed by atoms with Gasteiger partial charge < -0.3 is 0 Å². The maximum absolute atomic E-state index is 4.68. The average Bonchev–Trinajstić information content (AvgIpc) is 3.45. The topological polar surface area (TPSA) is 85.2 Å². The molecule has 4 rings (SSSR count). The molecule has 1 N–H and O–H groups in total. The summed E-state index contributed by atoms with van der Waals surface area (Å²) in [6.45, 7) is 3.11. The molecule has 0 unspecified atom stereocenters. The predicted octanol–water partition coefficient (Wildman–Crippen LogP) is 4.34. The second kappa shape index (κ2) is 9.67. The molecule has 154 valence electrons. The molecule has 0 saturated carbocycles. The van der Waals surface area contributed by atoms with Gasteiger partial charge in [0.1, 0.15) is 5.82 Å². The van der Waals surface area contributed by atoms with Crippen molar-refractivity contribution in [2.24, 2.45) is 0 Å². The number of H-pyrrole nitrogens is 1. The number of thiol groups is 1. The fourth-order valence-corrected chi connectivity index (χ4v) is 3.64. The largest absolute Gasteiger partial charge is 0.249 e. The maximum Gasteiger partial charge on any atom is 0.205 e. The Hall–Kier alpha value is -3.00. The first-order chi connectivity index (χ1) is 14.8. The highest BCUT2D eigenvalue weighted by Gasteiger charge is 2.12. The van der Waals surface area contributed by atoms with Crippen LogP contribution in [0.25, 0.3) is 22.5 Å². The van der Waals surface area contributed by atoms with Gasteiger partial charge in [-0.2, -0.15) is 22.9 Å². The molecule has 0 saturated heterocycles. The van der Waals surface area contributed by atoms with Gasteiger partial charge in [0, 0.05) is 18.5 Å². The first kappa shape index (κ1) is 20.3. The number of benzene rings is 2. The summed E-state index contributed by atoms with van der Waals surface area (Å²) in [4.78, 5) is 4.68. The lowest BCUT2D eigenvalue weighted by Gasteiger charge is -2.09. The summed E-state index contributed by atoms with van der Waals surface area (Å²) in [5.74, 6) is 2.93. The molecule has 0 aliphatic rings. The molecule has 0 aliphatic heterocycles. The number of hydrogen-bond acceptors (Lipinski definition) is 6. The van der Waals surface area contributed by atoms with Gasteiger partial charge in [-0.25, -0.2) is 9.67 Å². The molecule has 0 spiro atoms. The number of tetrazole rings is 1. The van der Waals surface area contributed by atoms with E-state index in [9.17, 15) is 0 Å². The van der Waals surface area contributed by atoms with E-state index >= 15 is 0 Å². The minimum absolute atomic E-state index is 0.555. The zero-order chi connectivity index (χ0) is 20.8. The Morgan fingerprint density at radius 3 is 2.50 bits per heavy atom. The second-order valence-corrected chi connectivity index (χ2v) is 7.50. The Morgan fingerprint density at radius 2 is 1.80 bits per heavy atom. The van der Waals surface area contributed by atoms with Gasteiger partial charge in [-0.3, -0.25) is 0 Å². The Labute approximate surface area is 181 Å². The molecule has 0 atom stereocenters. The highest BCUT2D eigenvalue weighted by Crippen LogP contribution is 2.30. The van der Waals surface area contributed by atoms with Gasteiger partial charge in [0.25, 0.3) is 0 Å². The van der Waals surface area contributed by atoms with Crippen molar-refractivity contribution in [1.82, 2.24) is 35.4 Å². The molecule has 0 fully saturated rings. The van der Waals surface area contributed by atoms with Crippen molar-refractivity contribution in [2.75, 3.05) is 0 Å². The van der Waals surface area contributed by atoms with E-state index in [1.807, 2.05) is 22.9 Å². The summed E-state index contributed by atoms with van der Waals surface area (Å²) in [6.07, 6.45) is 4.25. The van der Waals surface area contributed by atoms with Crippen LogP contribution in [0.1, 0.15) is 43.4 Å². The SMILES string of the molecule is CCCCCn1nc(CS)nc1Cc1ccc(-c2ccccc2-c2nn[nH]n2)cc1. The summed E-state index contributed by atoms with van der Waals surface area (Å²) in [7, 11) is 0. The molecule has 8 heteroatoms. The Bertz CT molecular complexity index is 1070. The third kappa shape index (κ3) is 4.59. The summed E-state index contributed by atoms with van der Waals surface area (Å²) >= 11 is 4.34. The lowest BCUT2D eigenvalue weighted by atomic mass is 9.98. The predicted molar refractivity (Wildman–Crippen MR) is 120 cm³/mol. The number of nitrogens with zero attached hydrogens (tertiary/aromatic N) is 6. The van der Waals surface area contributed by atoms with Crippen molar-refractivity contribution in [3.63, 3.8) is 0 Å². The molecule has 0 aliphatic carbocycles. The molecule has 2 aromatic heterocycles. The van der Waals surface area contributed by atoms with E-state index in [4.69, 9.17) is 0 Å². The Balaban J connectivity index is 1.55. The summed E-state index contributed by atoms with van der Waals surface area (Å²) in [6, 6.07) is 16.6. The zero-order valence-corrected chi connectivity index (χ0v) is 17.9. The molecule has 0 amide bonds. The van der Waals surface area contributed by atoms with Crippen LogP contribution < -0.4 is 0 Å². The minimum Gasteiger partial charge on any atom is -0.249 e. The van der Waals surface area contributed by atoms with Gasteiger partial charge in [0.05, 0.1) is 5.75 Å². The minimum atomic E-state index is 0.555. The fourth-order valence-electron chi connectivity index (χ4n) is 3.50. The third-order valence-electron chi connectivity index (χ3n) is 5.05. The molecule has 4 aromatic rings. The fraction of sp³-hybridized carbons (Fsp3) is 0.318. The van der Waals surface area contributed by atoms with Crippen molar-refractivity contribution >= 4 is 12.6 Å². The molecule has 30 heavy (non-hydrogen) atoms. The number of hydrogen-bond donors (Lipinski definition) is 2. The van der Waals surface area contributed by atoms with Crippen LogP contribution in [0.15, 0.2) is 48.5 Å². The zero-order valence-electron chi connectivity index (χ0n) is 17.0. The van der Waals surface area contributed by atoms with Gasteiger partial charge in [0.15, 0.2) is 5.82 Å². The molecule has 2 heterocycles. The van der Waals surface area contributed by atoms with Gasteiger partial charge in [-0.05, 0) is 28.3 Å². The molecule has 2 aromatic carbocycles. The lowest BCUT2D eigenvalue weighted by molar-refractivity contribution is 0.532. The first-order valence-corrected chi connectivity index (χ1v) is 10.9. The van der Waals surface area contributed by atoms with Gasteiger partial charge in [-0.15, -0.1) is 10.2 Å². The number of aromatic nitrogens is 7. The van der Waals surface area contributed by atoms with Crippen molar-refractivity contribution in [2.45, 2.75) is 44.9 Å². The van der Waals surface area contributed by atoms with Crippen LogP contribution in [0.4, 0.5) is 0 Å². The van der Waals surface area contributed by atoms with Crippen LogP contribution >= 0.6 is 12.6 Å². The number of unbranched alkanes of at least 4 members (excludes halogenated alkanes) is 2. The Kier molecular flexibility index (Phi) is 6.53. The summed E-state index contributed by atoms with van der Waals surface area (Å²) in [5.41, 5.74) is 4.34. The number of aryl methyl sites for hydroxylation is 1. The summed E-state index contributed by atoms with van der Waals surface area (Å²) < 4.78 is 2.04. The standard InChI is InChI=1S/C22H25N7S/c1-2-3-6-13-29-21(23-20(15-30)26-29)14-16-9-11-17(12-10-16)18-7-4-5-8-19(18)22-24-27-28-25-22/h4-5,7-12,30H,2-3,6,13-15H2,1H3,(H,24,25,27,28). The van der Waals surface area contributed by atoms with E-state index in [-0.39, 0.29) is 0 Å². The van der Waals surface area contributed by atoms with Crippen LogP contribution in [-0.4, -0.2) is 35.4 Å². The van der Waals surface area contributed by atoms with Crippen LogP contribution in [0.5, 0.6) is 0 Å². The third-order valence-corrected chi connectivity index (χ3v) is 5.33. The second-order valence-electron chi connectivity index (χ2n) is 7.19. The highest BCUT2D eigenvalue weighted by molar-refractivity contribution is 7.79. The van der Waals surface area contributed by atoms with Crippen molar-refractivity contribution in [3.8, 4) is 22.5 Å². The summed E-state index contributed by atoms with van der Waals surface area (Å²) in [5, 5.41) is 19.1. The van der Waals surface area contributed by atoms with E-state index in [0.29, 0.717) is 11.6 Å². The van der Waals surface area contributed by atoms with E-state index < -0.39 is 0 Å². The van der Waals surface area contributed by atoms with Gasteiger partial charge >= 0.3 is 0 Å². The first-order valence-electron chi connectivity index (χ1n) is 10.2. The van der Waals surface area contributed by atoms with Crippen LogP contribution in [0.2, 0.25) is 0 Å². The van der Waals surface area contributed by atoms with Gasteiger partial charge in [0.2, 0.25) is 5.82 Å². The molecule has 7 nitrogen and oxygen atoms in total. The molecular weight excluding hydrogens is 394 g/mol. The van der Waals surface area contributed by atoms with E-state index in [0.717, 1.165) is 47.7 Å². The Morgan fingerprint density at radius 1 is 1.00 bits per heavy atom. The van der Waals surface area contributed by atoms with Crippen molar-refractivity contribution in [1.29, 1.82) is 0 Å². The van der Waals surface area contributed by atoms with Crippen molar-refractivity contribution < 1.29 is 0 Å².